The van der Waals surface area contributed by atoms with E-state index in [1.807, 2.05) is 0 Å². The van der Waals surface area contributed by atoms with Gasteiger partial charge in [0.25, 0.3) is 0 Å². The van der Waals surface area contributed by atoms with Crippen molar-refractivity contribution in [3.63, 3.8) is 0 Å². The Hall–Kier alpha value is -1.02. The van der Waals surface area contributed by atoms with Gasteiger partial charge in [0.15, 0.2) is 0 Å². The molecular formula is C13H22N2. The molecule has 0 amide bonds. The molecule has 2 nitrogen and oxygen atoms in total. The fourth-order valence-electron chi connectivity index (χ4n) is 1.86. The Bertz CT molecular complexity index is 306. The molecule has 84 valence electrons. The topological polar surface area (TPSA) is 15.3 Å². The Labute approximate surface area is 93.3 Å². The van der Waals surface area contributed by atoms with E-state index in [1.54, 1.807) is 0 Å². The smallest absolute Gasteiger partial charge is 0.0400 e. The number of aryl methyl sites for hydroxylation is 3. The summed E-state index contributed by atoms with van der Waals surface area (Å²) in [5.74, 6) is 0. The molecule has 0 spiro atoms. The predicted molar refractivity (Wildman–Crippen MR) is 67.7 cm³/mol. The zero-order valence-corrected chi connectivity index (χ0v) is 10.5. The van der Waals surface area contributed by atoms with Crippen molar-refractivity contribution < 1.29 is 0 Å². The fraction of sp³-hybridized carbons (Fsp3) is 0.538. The molecule has 0 radical (unpaired) electrons. The summed E-state index contributed by atoms with van der Waals surface area (Å²) in [5.41, 5.74) is 5.31. The standard InChI is InChI=1S/C13H22N2/c1-10-8-11(2)13(12(3)9-10)14-6-7-15(4)5/h8-9,14H,6-7H2,1-5H3. The number of likely N-dealkylation sites (N-methyl/N-ethyl adjacent to an activating group) is 1. The van der Waals surface area contributed by atoms with E-state index >= 15 is 0 Å². The Balaban J connectivity index is 2.68. The summed E-state index contributed by atoms with van der Waals surface area (Å²) in [6.45, 7) is 8.53. The lowest BCUT2D eigenvalue weighted by molar-refractivity contribution is 0.425. The Morgan fingerprint density at radius 3 is 2.07 bits per heavy atom. The lowest BCUT2D eigenvalue weighted by Crippen LogP contribution is -2.21. The molecule has 0 saturated heterocycles. The summed E-state index contributed by atoms with van der Waals surface area (Å²) in [4.78, 5) is 2.19. The van der Waals surface area contributed by atoms with Gasteiger partial charge in [0, 0.05) is 18.8 Å². The van der Waals surface area contributed by atoms with Crippen LogP contribution in [0.5, 0.6) is 0 Å². The molecule has 0 heterocycles. The van der Waals surface area contributed by atoms with Crippen LogP contribution in [0, 0.1) is 20.8 Å². The molecule has 1 aromatic carbocycles. The average molecular weight is 206 g/mol. The molecule has 1 N–H and O–H groups in total. The minimum Gasteiger partial charge on any atom is -0.383 e. The van der Waals surface area contributed by atoms with Crippen molar-refractivity contribution >= 4 is 5.69 Å². The van der Waals surface area contributed by atoms with Gasteiger partial charge in [0.1, 0.15) is 0 Å². The highest BCUT2D eigenvalue weighted by Crippen LogP contribution is 2.21. The number of benzene rings is 1. The predicted octanol–water partition coefficient (Wildman–Crippen LogP) is 2.59. The number of hydrogen-bond donors (Lipinski definition) is 1. The van der Waals surface area contributed by atoms with Crippen LogP contribution in [-0.2, 0) is 0 Å². The Kier molecular flexibility index (Phi) is 4.15. The van der Waals surface area contributed by atoms with Crippen LogP contribution in [0.4, 0.5) is 5.69 Å². The van der Waals surface area contributed by atoms with Crippen LogP contribution in [0.25, 0.3) is 0 Å². The van der Waals surface area contributed by atoms with Gasteiger partial charge in [-0.3, -0.25) is 0 Å². The Morgan fingerprint density at radius 2 is 1.60 bits per heavy atom. The van der Waals surface area contributed by atoms with Gasteiger partial charge in [0.05, 0.1) is 0 Å². The van der Waals surface area contributed by atoms with E-state index in [0.717, 1.165) is 13.1 Å². The third-order valence-electron chi connectivity index (χ3n) is 2.54. The maximum atomic E-state index is 3.50. The summed E-state index contributed by atoms with van der Waals surface area (Å²) in [6.07, 6.45) is 0. The molecule has 0 aliphatic carbocycles. The maximum absolute atomic E-state index is 3.50. The first-order valence-electron chi connectivity index (χ1n) is 5.47. The van der Waals surface area contributed by atoms with Gasteiger partial charge in [-0.25, -0.2) is 0 Å². The number of nitrogens with zero attached hydrogens (tertiary/aromatic N) is 1. The molecule has 0 fully saturated rings. The lowest BCUT2D eigenvalue weighted by Gasteiger charge is -2.15. The van der Waals surface area contributed by atoms with Crippen LogP contribution in [0.15, 0.2) is 12.1 Å². The fourth-order valence-corrected chi connectivity index (χ4v) is 1.86. The third kappa shape index (κ3) is 3.56. The average Bonchev–Trinajstić information content (AvgIpc) is 2.08. The van der Waals surface area contributed by atoms with E-state index in [-0.39, 0.29) is 0 Å². The number of anilines is 1. The molecular weight excluding hydrogens is 184 g/mol. The molecule has 2 heteroatoms. The van der Waals surface area contributed by atoms with Crippen molar-refractivity contribution in [2.24, 2.45) is 0 Å². The van der Waals surface area contributed by atoms with Crippen LogP contribution in [0.2, 0.25) is 0 Å². The third-order valence-corrected chi connectivity index (χ3v) is 2.54. The van der Waals surface area contributed by atoms with Crippen LogP contribution in [0.1, 0.15) is 16.7 Å². The summed E-state index contributed by atoms with van der Waals surface area (Å²) in [5, 5.41) is 3.50. The zero-order chi connectivity index (χ0) is 11.4. The molecule has 0 aliphatic rings. The van der Waals surface area contributed by atoms with Crippen LogP contribution < -0.4 is 5.32 Å². The number of rotatable bonds is 4. The maximum Gasteiger partial charge on any atom is 0.0400 e. The molecule has 0 aromatic heterocycles. The van der Waals surface area contributed by atoms with Gasteiger partial charge in [-0.05, 0) is 46.0 Å². The van der Waals surface area contributed by atoms with E-state index in [9.17, 15) is 0 Å². The van der Waals surface area contributed by atoms with Crippen molar-refractivity contribution in [2.45, 2.75) is 20.8 Å². The van der Waals surface area contributed by atoms with Crippen molar-refractivity contribution in [1.82, 2.24) is 4.90 Å². The Morgan fingerprint density at radius 1 is 1.07 bits per heavy atom. The monoisotopic (exact) mass is 206 g/mol. The quantitative estimate of drug-likeness (QED) is 0.814. The van der Waals surface area contributed by atoms with E-state index < -0.39 is 0 Å². The molecule has 1 rings (SSSR count). The summed E-state index contributed by atoms with van der Waals surface area (Å²) in [7, 11) is 4.19. The molecule has 0 bridgehead atoms. The minimum atomic E-state index is 0.998. The van der Waals surface area contributed by atoms with Gasteiger partial charge >= 0.3 is 0 Å². The first-order chi connectivity index (χ1) is 7.00. The summed E-state index contributed by atoms with van der Waals surface area (Å²) < 4.78 is 0. The number of hydrogen-bond acceptors (Lipinski definition) is 2. The van der Waals surface area contributed by atoms with Crippen LogP contribution in [-0.4, -0.2) is 32.1 Å². The van der Waals surface area contributed by atoms with Crippen molar-refractivity contribution in [2.75, 3.05) is 32.5 Å². The summed E-state index contributed by atoms with van der Waals surface area (Å²) in [6, 6.07) is 4.45. The van der Waals surface area contributed by atoms with Gasteiger partial charge in [0.2, 0.25) is 0 Å². The number of nitrogens with one attached hydrogen (secondary N) is 1. The SMILES string of the molecule is Cc1cc(C)c(NCCN(C)C)c(C)c1. The highest BCUT2D eigenvalue weighted by molar-refractivity contribution is 5.58. The van der Waals surface area contributed by atoms with E-state index in [2.05, 4.69) is 57.2 Å². The van der Waals surface area contributed by atoms with E-state index in [1.165, 1.54) is 22.4 Å². The highest BCUT2D eigenvalue weighted by Gasteiger charge is 2.02. The molecule has 0 unspecified atom stereocenters. The second-order valence-corrected chi connectivity index (χ2v) is 4.50. The largest absolute Gasteiger partial charge is 0.383 e. The second kappa shape index (κ2) is 5.17. The van der Waals surface area contributed by atoms with Crippen LogP contribution in [0.3, 0.4) is 0 Å². The molecule has 0 aliphatic heterocycles. The van der Waals surface area contributed by atoms with Crippen molar-refractivity contribution in [3.05, 3.63) is 28.8 Å². The van der Waals surface area contributed by atoms with Gasteiger partial charge in [-0.2, -0.15) is 0 Å². The summed E-state index contributed by atoms with van der Waals surface area (Å²) >= 11 is 0. The first kappa shape index (κ1) is 12.1. The first-order valence-corrected chi connectivity index (χ1v) is 5.47. The van der Waals surface area contributed by atoms with Crippen molar-refractivity contribution in [1.29, 1.82) is 0 Å². The zero-order valence-electron chi connectivity index (χ0n) is 10.5. The molecule has 0 saturated carbocycles. The van der Waals surface area contributed by atoms with Gasteiger partial charge in [-0.1, -0.05) is 17.7 Å². The van der Waals surface area contributed by atoms with Gasteiger partial charge in [-0.15, -0.1) is 0 Å². The van der Waals surface area contributed by atoms with E-state index in [0.29, 0.717) is 0 Å². The van der Waals surface area contributed by atoms with Crippen molar-refractivity contribution in [3.8, 4) is 0 Å². The molecule has 0 atom stereocenters. The van der Waals surface area contributed by atoms with Gasteiger partial charge < -0.3 is 10.2 Å². The normalized spacial score (nSPS) is 10.8. The van der Waals surface area contributed by atoms with Crippen LogP contribution >= 0.6 is 0 Å². The highest BCUT2D eigenvalue weighted by atomic mass is 15.1. The lowest BCUT2D eigenvalue weighted by atomic mass is 10.1. The second-order valence-electron chi connectivity index (χ2n) is 4.50. The molecule has 1 aromatic rings. The van der Waals surface area contributed by atoms with E-state index in [4.69, 9.17) is 0 Å². The minimum absolute atomic E-state index is 0.998. The molecule has 15 heavy (non-hydrogen) atoms.